The van der Waals surface area contributed by atoms with E-state index in [-0.39, 0.29) is 12.8 Å². The summed E-state index contributed by atoms with van der Waals surface area (Å²) >= 11 is 0. The number of amides is 2. The molecule has 0 bridgehead atoms. The molecule has 1 aliphatic heterocycles. The summed E-state index contributed by atoms with van der Waals surface area (Å²) in [7, 11) is 1.84. The highest BCUT2D eigenvalue weighted by Gasteiger charge is 2.18. The third-order valence-corrected chi connectivity index (χ3v) is 4.64. The van der Waals surface area contributed by atoms with E-state index in [0.717, 1.165) is 29.9 Å². The Labute approximate surface area is 137 Å². The van der Waals surface area contributed by atoms with Crippen molar-refractivity contribution in [2.24, 2.45) is 0 Å². The molecule has 1 aliphatic carbocycles. The summed E-state index contributed by atoms with van der Waals surface area (Å²) in [5, 5.41) is 3.19. The van der Waals surface area contributed by atoms with Crippen LogP contribution in [0.3, 0.4) is 0 Å². The molecule has 1 saturated carbocycles. The van der Waals surface area contributed by atoms with E-state index in [0.29, 0.717) is 12.6 Å². The summed E-state index contributed by atoms with van der Waals surface area (Å²) in [5.41, 5.74) is 1.05. The Bertz CT molecular complexity index is 539. The molecule has 0 spiro atoms. The third kappa shape index (κ3) is 4.30. The molecule has 1 aromatic carbocycles. The lowest BCUT2D eigenvalue weighted by molar-refractivity contribution is 0.174. The molecule has 0 atom stereocenters. The lowest BCUT2D eigenvalue weighted by Gasteiger charge is -2.25. The Morgan fingerprint density at radius 3 is 2.61 bits per heavy atom. The second-order valence-electron chi connectivity index (χ2n) is 6.54. The van der Waals surface area contributed by atoms with Gasteiger partial charge in [-0.05, 0) is 30.5 Å². The summed E-state index contributed by atoms with van der Waals surface area (Å²) in [4.78, 5) is 14.1. The monoisotopic (exact) mass is 318 g/mol. The van der Waals surface area contributed by atoms with E-state index in [4.69, 9.17) is 9.47 Å². The number of hydrogen-bond acceptors (Lipinski definition) is 3. The number of rotatable bonds is 3. The van der Waals surface area contributed by atoms with Crippen molar-refractivity contribution < 1.29 is 14.3 Å². The van der Waals surface area contributed by atoms with Crippen molar-refractivity contribution in [3.63, 3.8) is 0 Å². The molecule has 2 aliphatic rings. The number of urea groups is 1. The molecule has 0 saturated heterocycles. The Hall–Kier alpha value is -1.91. The molecule has 126 valence electrons. The summed E-state index contributed by atoms with van der Waals surface area (Å²) in [6.07, 6.45) is 8.56. The zero-order valence-electron chi connectivity index (χ0n) is 13.8. The zero-order chi connectivity index (χ0) is 16.1. The molecule has 3 rings (SSSR count). The van der Waals surface area contributed by atoms with Gasteiger partial charge in [-0.2, -0.15) is 0 Å². The number of hydrogen-bond donors (Lipinski definition) is 1. The highest BCUT2D eigenvalue weighted by molar-refractivity contribution is 5.74. The van der Waals surface area contributed by atoms with Gasteiger partial charge in [0.2, 0.25) is 6.79 Å². The van der Waals surface area contributed by atoms with Gasteiger partial charge < -0.3 is 19.7 Å². The number of ether oxygens (including phenoxy) is 2. The Morgan fingerprint density at radius 1 is 1.13 bits per heavy atom. The lowest BCUT2D eigenvalue weighted by atomic mass is 9.97. The minimum absolute atomic E-state index is 0.00763. The van der Waals surface area contributed by atoms with Crippen molar-refractivity contribution in [2.45, 2.75) is 57.5 Å². The van der Waals surface area contributed by atoms with Crippen LogP contribution in [-0.4, -0.2) is 30.8 Å². The van der Waals surface area contributed by atoms with E-state index in [9.17, 15) is 4.79 Å². The minimum atomic E-state index is 0.00763. The van der Waals surface area contributed by atoms with Gasteiger partial charge in [0.25, 0.3) is 0 Å². The minimum Gasteiger partial charge on any atom is -0.454 e. The molecule has 0 unspecified atom stereocenters. The van der Waals surface area contributed by atoms with E-state index in [2.05, 4.69) is 5.32 Å². The molecule has 0 aromatic heterocycles. The fraction of sp³-hybridized carbons (Fsp3) is 0.611. The summed E-state index contributed by atoms with van der Waals surface area (Å²) in [5.74, 6) is 1.53. The van der Waals surface area contributed by atoms with Gasteiger partial charge in [-0.1, -0.05) is 38.2 Å². The fourth-order valence-corrected chi connectivity index (χ4v) is 3.27. The Kier molecular flexibility index (Phi) is 5.26. The van der Waals surface area contributed by atoms with Crippen LogP contribution in [0.15, 0.2) is 18.2 Å². The number of nitrogens with one attached hydrogen (secondary N) is 1. The average Bonchev–Trinajstić information content (AvgIpc) is 2.97. The maximum absolute atomic E-state index is 12.4. The van der Waals surface area contributed by atoms with Gasteiger partial charge in [-0.3, -0.25) is 0 Å². The summed E-state index contributed by atoms with van der Waals surface area (Å²) < 4.78 is 10.7. The van der Waals surface area contributed by atoms with E-state index in [1.54, 1.807) is 4.90 Å². The van der Waals surface area contributed by atoms with Crippen LogP contribution >= 0.6 is 0 Å². The Balaban J connectivity index is 1.52. The van der Waals surface area contributed by atoms with Crippen LogP contribution < -0.4 is 14.8 Å². The maximum atomic E-state index is 12.4. The first-order valence-electron chi connectivity index (χ1n) is 8.62. The largest absolute Gasteiger partial charge is 0.454 e. The molecule has 5 heteroatoms. The standard InChI is InChI=1S/C18H26N2O3/c1-20(12-14-9-10-16-17(11-14)23-13-22-16)18(21)19-15-7-5-3-2-4-6-8-15/h9-11,15H,2-8,12-13H2,1H3,(H,19,21). The van der Waals surface area contributed by atoms with Crippen LogP contribution in [0.1, 0.15) is 50.5 Å². The van der Waals surface area contributed by atoms with Gasteiger partial charge in [0.05, 0.1) is 0 Å². The topological polar surface area (TPSA) is 50.8 Å². The van der Waals surface area contributed by atoms with E-state index in [1.807, 2.05) is 25.2 Å². The fourth-order valence-electron chi connectivity index (χ4n) is 3.27. The zero-order valence-corrected chi connectivity index (χ0v) is 13.8. The molecule has 1 aromatic rings. The van der Waals surface area contributed by atoms with Crippen LogP contribution in [0.4, 0.5) is 4.79 Å². The molecular formula is C18H26N2O3. The first kappa shape index (κ1) is 16.0. The van der Waals surface area contributed by atoms with Crippen LogP contribution in [0.5, 0.6) is 11.5 Å². The van der Waals surface area contributed by atoms with Crippen LogP contribution in [0.2, 0.25) is 0 Å². The summed E-state index contributed by atoms with van der Waals surface area (Å²) in [6.45, 7) is 0.839. The van der Waals surface area contributed by atoms with Crippen LogP contribution in [-0.2, 0) is 6.54 Å². The number of nitrogens with zero attached hydrogens (tertiary/aromatic N) is 1. The quantitative estimate of drug-likeness (QED) is 0.925. The molecule has 23 heavy (non-hydrogen) atoms. The van der Waals surface area contributed by atoms with Crippen LogP contribution in [0.25, 0.3) is 0 Å². The van der Waals surface area contributed by atoms with E-state index in [1.165, 1.54) is 32.1 Å². The van der Waals surface area contributed by atoms with Gasteiger partial charge in [0.15, 0.2) is 11.5 Å². The predicted octanol–water partition coefficient (Wildman–Crippen LogP) is 3.67. The molecule has 1 heterocycles. The Morgan fingerprint density at radius 2 is 1.83 bits per heavy atom. The van der Waals surface area contributed by atoms with Crippen LogP contribution in [0, 0.1) is 0 Å². The first-order valence-corrected chi connectivity index (χ1v) is 8.62. The second kappa shape index (κ2) is 7.57. The number of benzene rings is 1. The molecule has 1 fully saturated rings. The van der Waals surface area contributed by atoms with Gasteiger partial charge in [-0.15, -0.1) is 0 Å². The number of carbonyl (C=O) groups is 1. The van der Waals surface area contributed by atoms with Gasteiger partial charge in [-0.25, -0.2) is 4.79 Å². The van der Waals surface area contributed by atoms with E-state index >= 15 is 0 Å². The van der Waals surface area contributed by atoms with Crippen molar-refractivity contribution in [3.8, 4) is 11.5 Å². The second-order valence-corrected chi connectivity index (χ2v) is 6.54. The molecule has 2 amide bonds. The van der Waals surface area contributed by atoms with Gasteiger partial charge in [0.1, 0.15) is 0 Å². The molecule has 5 nitrogen and oxygen atoms in total. The predicted molar refractivity (Wildman–Crippen MR) is 88.7 cm³/mol. The van der Waals surface area contributed by atoms with E-state index < -0.39 is 0 Å². The van der Waals surface area contributed by atoms with Gasteiger partial charge >= 0.3 is 6.03 Å². The molecule has 1 N–H and O–H groups in total. The summed E-state index contributed by atoms with van der Waals surface area (Å²) in [6, 6.07) is 6.16. The van der Waals surface area contributed by atoms with Crippen molar-refractivity contribution in [2.75, 3.05) is 13.8 Å². The maximum Gasteiger partial charge on any atom is 0.317 e. The highest BCUT2D eigenvalue weighted by atomic mass is 16.7. The van der Waals surface area contributed by atoms with Crippen molar-refractivity contribution in [1.29, 1.82) is 0 Å². The molecule has 0 radical (unpaired) electrons. The number of fused-ring (bicyclic) bond motifs is 1. The van der Waals surface area contributed by atoms with Crippen molar-refractivity contribution >= 4 is 6.03 Å². The third-order valence-electron chi connectivity index (χ3n) is 4.64. The van der Waals surface area contributed by atoms with Crippen molar-refractivity contribution in [1.82, 2.24) is 10.2 Å². The number of carbonyl (C=O) groups excluding carboxylic acids is 1. The SMILES string of the molecule is CN(Cc1ccc2c(c1)OCO2)C(=O)NC1CCCCCCC1. The van der Waals surface area contributed by atoms with Gasteiger partial charge in [0, 0.05) is 19.6 Å². The first-order chi connectivity index (χ1) is 11.2. The van der Waals surface area contributed by atoms with Crippen molar-refractivity contribution in [3.05, 3.63) is 23.8 Å². The lowest BCUT2D eigenvalue weighted by Crippen LogP contribution is -2.43. The normalized spacial score (nSPS) is 18.1. The highest BCUT2D eigenvalue weighted by Crippen LogP contribution is 2.32. The average molecular weight is 318 g/mol. The molecular weight excluding hydrogens is 292 g/mol. The smallest absolute Gasteiger partial charge is 0.317 e.